The number of nitrogens with one attached hydrogen (secondary N) is 1. The maximum atomic E-state index is 12.3. The van der Waals surface area contributed by atoms with Crippen LogP contribution >= 0.6 is 0 Å². The lowest BCUT2D eigenvalue weighted by Crippen LogP contribution is -2.22. The zero-order valence-corrected chi connectivity index (χ0v) is 17.1. The van der Waals surface area contributed by atoms with Gasteiger partial charge in [-0.1, -0.05) is 0 Å². The topological polar surface area (TPSA) is 83.4 Å². The molecular weight excluding hydrogens is 423 g/mol. The number of aromatic nitrogens is 3. The molecule has 7 nitrogen and oxygen atoms in total. The van der Waals surface area contributed by atoms with Crippen LogP contribution in [0.2, 0.25) is 0 Å². The number of alkyl halides is 3. The smallest absolute Gasteiger partial charge is 0.406 e. The summed E-state index contributed by atoms with van der Waals surface area (Å²) < 4.78 is 40.8. The van der Waals surface area contributed by atoms with Gasteiger partial charge in [-0.25, -0.2) is 15.0 Å². The summed E-state index contributed by atoms with van der Waals surface area (Å²) in [4.78, 5) is 15.1. The number of hydrogen-bond donors (Lipinski definition) is 2. The summed E-state index contributed by atoms with van der Waals surface area (Å²) >= 11 is 0. The molecule has 1 aliphatic rings. The van der Waals surface area contributed by atoms with Gasteiger partial charge in [-0.3, -0.25) is 0 Å². The van der Waals surface area contributed by atoms with Crippen molar-refractivity contribution in [3.8, 4) is 16.9 Å². The van der Waals surface area contributed by atoms with Crippen LogP contribution in [0.5, 0.6) is 5.75 Å². The highest BCUT2D eigenvalue weighted by Gasteiger charge is 2.31. The Kier molecular flexibility index (Phi) is 6.40. The van der Waals surface area contributed by atoms with Crippen molar-refractivity contribution in [3.05, 3.63) is 60.8 Å². The van der Waals surface area contributed by atoms with E-state index >= 15 is 0 Å². The average Bonchev–Trinajstić information content (AvgIpc) is 3.27. The minimum Gasteiger partial charge on any atom is -0.406 e. The van der Waals surface area contributed by atoms with Crippen molar-refractivity contribution in [1.29, 1.82) is 0 Å². The number of aliphatic hydroxyl groups excluding tert-OH is 1. The van der Waals surface area contributed by atoms with Crippen LogP contribution in [0.1, 0.15) is 12.0 Å². The molecule has 1 saturated heterocycles. The van der Waals surface area contributed by atoms with Gasteiger partial charge in [-0.2, -0.15) is 0 Å². The van der Waals surface area contributed by atoms with Crippen LogP contribution < -0.4 is 15.0 Å². The lowest BCUT2D eigenvalue weighted by atomic mass is 10.1. The van der Waals surface area contributed by atoms with Crippen molar-refractivity contribution < 1.29 is 23.0 Å². The summed E-state index contributed by atoms with van der Waals surface area (Å²) in [6.45, 7) is 2.11. The van der Waals surface area contributed by atoms with Gasteiger partial charge >= 0.3 is 6.36 Å². The van der Waals surface area contributed by atoms with Crippen LogP contribution in [0.15, 0.2) is 55.2 Å². The van der Waals surface area contributed by atoms with Crippen molar-refractivity contribution in [2.24, 2.45) is 5.92 Å². The number of benzene rings is 1. The highest BCUT2D eigenvalue weighted by Crippen LogP contribution is 2.32. The van der Waals surface area contributed by atoms with Gasteiger partial charge in [0.15, 0.2) is 0 Å². The molecule has 0 spiro atoms. The molecule has 2 aromatic heterocycles. The number of ether oxygens (including phenoxy) is 1. The number of nitrogens with zero attached hydrogens (tertiary/aromatic N) is 4. The molecular formula is C22H22F3N5O2. The summed E-state index contributed by atoms with van der Waals surface area (Å²) in [6.07, 6.45) is 2.87. The fourth-order valence-electron chi connectivity index (χ4n) is 3.65. The van der Waals surface area contributed by atoms with Crippen LogP contribution in [0, 0.1) is 5.92 Å². The summed E-state index contributed by atoms with van der Waals surface area (Å²) in [5.41, 5.74) is 3.26. The number of pyridine rings is 1. The van der Waals surface area contributed by atoms with E-state index in [9.17, 15) is 18.3 Å². The minimum atomic E-state index is -4.72. The van der Waals surface area contributed by atoms with Gasteiger partial charge in [0.05, 0.1) is 0 Å². The Morgan fingerprint density at radius 1 is 1.12 bits per heavy atom. The SMILES string of the molecule is OCC1CCN(c2ncc(CNc3ccc(OC(F)(F)F)cc3)cc2-c2cncnc2)C1. The molecule has 0 bridgehead atoms. The predicted molar refractivity (Wildman–Crippen MR) is 113 cm³/mol. The predicted octanol–water partition coefficient (Wildman–Crippen LogP) is 3.87. The van der Waals surface area contributed by atoms with E-state index in [1.807, 2.05) is 6.07 Å². The molecule has 32 heavy (non-hydrogen) atoms. The Bertz CT molecular complexity index is 1030. The molecule has 0 amide bonds. The van der Waals surface area contributed by atoms with Gasteiger partial charge in [0.2, 0.25) is 0 Å². The van der Waals surface area contributed by atoms with E-state index in [1.165, 1.54) is 30.6 Å². The summed E-state index contributed by atoms with van der Waals surface area (Å²) in [6, 6.07) is 7.56. The maximum Gasteiger partial charge on any atom is 0.573 e. The molecule has 168 valence electrons. The fraction of sp³-hybridized carbons (Fsp3) is 0.318. The zero-order chi connectivity index (χ0) is 22.6. The maximum absolute atomic E-state index is 12.3. The molecule has 0 saturated carbocycles. The largest absolute Gasteiger partial charge is 0.573 e. The molecule has 1 atom stereocenters. The van der Waals surface area contributed by atoms with Crippen LogP contribution in [0.3, 0.4) is 0 Å². The minimum absolute atomic E-state index is 0.148. The first-order chi connectivity index (χ1) is 15.4. The Hall–Kier alpha value is -3.40. The van der Waals surface area contributed by atoms with E-state index in [2.05, 4.69) is 29.9 Å². The van der Waals surface area contributed by atoms with E-state index in [1.54, 1.807) is 18.6 Å². The summed E-state index contributed by atoms with van der Waals surface area (Å²) in [5, 5.41) is 12.7. The average molecular weight is 445 g/mol. The second-order valence-electron chi connectivity index (χ2n) is 7.55. The molecule has 10 heteroatoms. The van der Waals surface area contributed by atoms with Gasteiger partial charge in [0.1, 0.15) is 17.9 Å². The Labute approximate surface area is 182 Å². The van der Waals surface area contributed by atoms with Gasteiger partial charge in [0, 0.05) is 67.6 Å². The lowest BCUT2D eigenvalue weighted by molar-refractivity contribution is -0.274. The van der Waals surface area contributed by atoms with Crippen LogP contribution in [0.4, 0.5) is 24.7 Å². The molecule has 1 fully saturated rings. The fourth-order valence-corrected chi connectivity index (χ4v) is 3.65. The van der Waals surface area contributed by atoms with Crippen LogP contribution in [0.25, 0.3) is 11.1 Å². The highest BCUT2D eigenvalue weighted by atomic mass is 19.4. The quantitative estimate of drug-likeness (QED) is 0.571. The van der Waals surface area contributed by atoms with Gasteiger partial charge < -0.3 is 20.1 Å². The number of halogens is 3. The molecule has 0 aliphatic carbocycles. The van der Waals surface area contributed by atoms with E-state index in [4.69, 9.17) is 0 Å². The van der Waals surface area contributed by atoms with E-state index in [0.717, 1.165) is 42.0 Å². The first kappa shape index (κ1) is 21.8. The molecule has 1 aromatic carbocycles. The molecule has 1 aliphatic heterocycles. The Morgan fingerprint density at radius 2 is 1.88 bits per heavy atom. The molecule has 3 aromatic rings. The van der Waals surface area contributed by atoms with Gasteiger partial charge in [-0.15, -0.1) is 13.2 Å². The monoisotopic (exact) mass is 445 g/mol. The molecule has 0 radical (unpaired) electrons. The van der Waals surface area contributed by atoms with Crippen LogP contribution in [-0.2, 0) is 6.54 Å². The standard InChI is InChI=1S/C22H22F3N5O2/c23-22(24,25)32-19-3-1-18(2-4-19)28-8-16-7-20(17-10-26-14-27-11-17)21(29-9-16)30-6-5-15(12-30)13-31/h1-4,7,9-11,14-15,28,31H,5-6,8,12-13H2. The van der Waals surface area contributed by atoms with Crippen molar-refractivity contribution in [1.82, 2.24) is 15.0 Å². The van der Waals surface area contributed by atoms with Crippen LogP contribution in [-0.4, -0.2) is 46.1 Å². The second-order valence-corrected chi connectivity index (χ2v) is 7.55. The first-order valence-electron chi connectivity index (χ1n) is 10.1. The van der Waals surface area contributed by atoms with Crippen molar-refractivity contribution >= 4 is 11.5 Å². The van der Waals surface area contributed by atoms with Crippen molar-refractivity contribution in [2.45, 2.75) is 19.3 Å². The molecule has 3 heterocycles. The third-order valence-corrected chi connectivity index (χ3v) is 5.22. The normalized spacial score (nSPS) is 16.2. The number of rotatable bonds is 7. The highest BCUT2D eigenvalue weighted by molar-refractivity contribution is 5.75. The number of hydrogen-bond acceptors (Lipinski definition) is 7. The Morgan fingerprint density at radius 3 is 2.53 bits per heavy atom. The lowest BCUT2D eigenvalue weighted by Gasteiger charge is -2.21. The van der Waals surface area contributed by atoms with E-state index < -0.39 is 6.36 Å². The number of anilines is 2. The molecule has 4 rings (SSSR count). The third-order valence-electron chi connectivity index (χ3n) is 5.22. The first-order valence-corrected chi connectivity index (χ1v) is 10.1. The zero-order valence-electron chi connectivity index (χ0n) is 17.1. The second kappa shape index (κ2) is 9.39. The van der Waals surface area contributed by atoms with Gasteiger partial charge in [-0.05, 0) is 42.3 Å². The number of aliphatic hydroxyl groups is 1. The molecule has 1 unspecified atom stereocenters. The molecule has 2 N–H and O–H groups in total. The van der Waals surface area contributed by atoms with Crippen molar-refractivity contribution in [2.75, 3.05) is 29.9 Å². The van der Waals surface area contributed by atoms with Gasteiger partial charge in [0.25, 0.3) is 0 Å². The summed E-state index contributed by atoms with van der Waals surface area (Å²) in [7, 11) is 0. The van der Waals surface area contributed by atoms with Crippen molar-refractivity contribution in [3.63, 3.8) is 0 Å². The Balaban J connectivity index is 1.51. The summed E-state index contributed by atoms with van der Waals surface area (Å²) in [5.74, 6) is 0.766. The third kappa shape index (κ3) is 5.44. The van der Waals surface area contributed by atoms with E-state index in [0.29, 0.717) is 12.2 Å². The van der Waals surface area contributed by atoms with E-state index in [-0.39, 0.29) is 18.3 Å².